The molecular weight excluding hydrogens is 527 g/mol. The molecule has 2 aliphatic rings. The molecule has 1 aromatic heterocycles. The Labute approximate surface area is 228 Å². The van der Waals surface area contributed by atoms with E-state index in [9.17, 15) is 19.1 Å². The van der Waals surface area contributed by atoms with Gasteiger partial charge in [-0.2, -0.15) is 0 Å². The standard InChI is InChI=1S/C28H29FN2O7S/c29-18-8-4-9-19(12-18)31-28(34)30-14-20-13-21-24(36-20)26(35-16-17-6-2-1-3-7-17)25(22(15-32)37-21)38-27(33)23-10-5-11-39-23/h1-12,20-22,24-26,32H,13-16H2,(H2,30,31,34)/t20?,21-,22-,24+,25-,26-/m1/s1. The van der Waals surface area contributed by atoms with Gasteiger partial charge in [0, 0.05) is 18.7 Å². The van der Waals surface area contributed by atoms with E-state index in [1.54, 1.807) is 23.6 Å². The van der Waals surface area contributed by atoms with Crippen LogP contribution in [0.1, 0.15) is 21.7 Å². The average molecular weight is 557 g/mol. The van der Waals surface area contributed by atoms with Gasteiger partial charge in [0.25, 0.3) is 0 Å². The number of carbonyl (C=O) groups is 2. The van der Waals surface area contributed by atoms with Crippen LogP contribution >= 0.6 is 11.3 Å². The third-order valence-corrected chi connectivity index (χ3v) is 7.43. The molecule has 206 valence electrons. The highest BCUT2D eigenvalue weighted by Gasteiger charge is 2.53. The summed E-state index contributed by atoms with van der Waals surface area (Å²) in [5.74, 6) is -0.989. The smallest absolute Gasteiger partial charge is 0.348 e. The first-order chi connectivity index (χ1) is 19.0. The van der Waals surface area contributed by atoms with E-state index in [1.165, 1.54) is 29.5 Å². The Morgan fingerprint density at radius 1 is 1.05 bits per heavy atom. The predicted molar refractivity (Wildman–Crippen MR) is 141 cm³/mol. The number of ether oxygens (including phenoxy) is 4. The Bertz CT molecular complexity index is 1250. The number of hydrogen-bond donors (Lipinski definition) is 3. The number of nitrogens with one attached hydrogen (secondary N) is 2. The maximum Gasteiger partial charge on any atom is 0.348 e. The average Bonchev–Trinajstić information content (AvgIpc) is 3.62. The monoisotopic (exact) mass is 556 g/mol. The highest BCUT2D eigenvalue weighted by Crippen LogP contribution is 2.36. The molecule has 5 rings (SSSR count). The van der Waals surface area contributed by atoms with Gasteiger partial charge in [0.05, 0.1) is 25.4 Å². The summed E-state index contributed by atoms with van der Waals surface area (Å²) in [4.78, 5) is 25.6. The Balaban J connectivity index is 1.27. The minimum atomic E-state index is -0.919. The van der Waals surface area contributed by atoms with Gasteiger partial charge in [-0.05, 0) is 35.2 Å². The van der Waals surface area contributed by atoms with Crippen LogP contribution in [0.2, 0.25) is 0 Å². The lowest BCUT2D eigenvalue weighted by Crippen LogP contribution is -2.59. The number of amides is 2. The topological polar surface area (TPSA) is 115 Å². The third-order valence-electron chi connectivity index (χ3n) is 6.58. The second-order valence-electron chi connectivity index (χ2n) is 9.31. The van der Waals surface area contributed by atoms with Gasteiger partial charge < -0.3 is 34.7 Å². The minimum absolute atomic E-state index is 0.159. The zero-order valence-electron chi connectivity index (χ0n) is 20.9. The summed E-state index contributed by atoms with van der Waals surface area (Å²) in [5, 5.41) is 17.2. The van der Waals surface area contributed by atoms with E-state index >= 15 is 0 Å². The van der Waals surface area contributed by atoms with Crippen molar-refractivity contribution in [3.8, 4) is 0 Å². The Kier molecular flexibility index (Phi) is 8.84. The van der Waals surface area contributed by atoms with Gasteiger partial charge in [-0.15, -0.1) is 11.3 Å². The molecule has 2 amide bonds. The van der Waals surface area contributed by atoms with Crippen molar-refractivity contribution in [1.82, 2.24) is 5.32 Å². The van der Waals surface area contributed by atoms with Crippen LogP contribution in [0.4, 0.5) is 14.9 Å². The molecule has 1 unspecified atom stereocenters. The first kappa shape index (κ1) is 27.2. The first-order valence-electron chi connectivity index (χ1n) is 12.6. The molecule has 3 heterocycles. The van der Waals surface area contributed by atoms with Crippen LogP contribution in [-0.2, 0) is 25.6 Å². The van der Waals surface area contributed by atoms with Crippen LogP contribution < -0.4 is 10.6 Å². The summed E-state index contributed by atoms with van der Waals surface area (Å²) in [5.41, 5.74) is 1.25. The molecular formula is C28H29FN2O7S. The fourth-order valence-corrected chi connectivity index (χ4v) is 5.39. The molecule has 3 aromatic rings. The van der Waals surface area contributed by atoms with Crippen LogP contribution in [0.25, 0.3) is 0 Å². The molecule has 0 bridgehead atoms. The van der Waals surface area contributed by atoms with Crippen LogP contribution in [-0.4, -0.2) is 66.9 Å². The lowest BCUT2D eigenvalue weighted by atomic mass is 9.94. The number of aliphatic hydroxyl groups is 1. The van der Waals surface area contributed by atoms with Crippen molar-refractivity contribution >= 4 is 29.0 Å². The largest absolute Gasteiger partial charge is 0.452 e. The molecule has 9 nitrogen and oxygen atoms in total. The lowest BCUT2D eigenvalue weighted by Gasteiger charge is -2.42. The Morgan fingerprint density at radius 2 is 1.90 bits per heavy atom. The van der Waals surface area contributed by atoms with Gasteiger partial charge >= 0.3 is 12.0 Å². The Morgan fingerprint density at radius 3 is 2.64 bits per heavy atom. The molecule has 2 aromatic carbocycles. The van der Waals surface area contributed by atoms with Crippen LogP contribution in [0.5, 0.6) is 0 Å². The van der Waals surface area contributed by atoms with Crippen molar-refractivity contribution in [2.75, 3.05) is 18.5 Å². The van der Waals surface area contributed by atoms with Crippen LogP contribution in [0, 0.1) is 5.82 Å². The van der Waals surface area contributed by atoms with Crippen molar-refractivity contribution < 1.29 is 38.0 Å². The molecule has 0 aliphatic carbocycles. The molecule has 2 saturated heterocycles. The van der Waals surface area contributed by atoms with Gasteiger partial charge in [0.1, 0.15) is 29.0 Å². The summed E-state index contributed by atoms with van der Waals surface area (Å²) in [7, 11) is 0. The van der Waals surface area contributed by atoms with E-state index in [1.807, 2.05) is 30.3 Å². The van der Waals surface area contributed by atoms with Crippen molar-refractivity contribution in [3.63, 3.8) is 0 Å². The quantitative estimate of drug-likeness (QED) is 0.344. The number of fused-ring (bicyclic) bond motifs is 1. The van der Waals surface area contributed by atoms with E-state index in [0.29, 0.717) is 17.0 Å². The fourth-order valence-electron chi connectivity index (χ4n) is 4.78. The first-order valence-corrected chi connectivity index (χ1v) is 13.5. The molecule has 11 heteroatoms. The van der Waals surface area contributed by atoms with E-state index in [2.05, 4.69) is 10.6 Å². The number of hydrogen-bond acceptors (Lipinski definition) is 8. The van der Waals surface area contributed by atoms with Gasteiger partial charge in [0.15, 0.2) is 6.10 Å². The Hall–Kier alpha value is -3.35. The molecule has 2 fully saturated rings. The van der Waals surface area contributed by atoms with Crippen molar-refractivity contribution in [3.05, 3.63) is 88.4 Å². The molecule has 0 saturated carbocycles. The molecule has 0 radical (unpaired) electrons. The number of carbonyl (C=O) groups excluding carboxylic acids is 2. The molecule has 3 N–H and O–H groups in total. The highest BCUT2D eigenvalue weighted by atomic mass is 32.1. The maximum absolute atomic E-state index is 13.4. The number of urea groups is 1. The predicted octanol–water partition coefficient (Wildman–Crippen LogP) is 3.74. The maximum atomic E-state index is 13.4. The molecule has 39 heavy (non-hydrogen) atoms. The van der Waals surface area contributed by atoms with Gasteiger partial charge in [-0.3, -0.25) is 0 Å². The van der Waals surface area contributed by atoms with E-state index in [0.717, 1.165) is 5.56 Å². The van der Waals surface area contributed by atoms with E-state index < -0.39 is 54.4 Å². The van der Waals surface area contributed by atoms with Crippen molar-refractivity contribution in [2.24, 2.45) is 0 Å². The second kappa shape index (κ2) is 12.7. The fraction of sp³-hybridized carbons (Fsp3) is 0.357. The molecule has 0 spiro atoms. The third kappa shape index (κ3) is 6.81. The van der Waals surface area contributed by atoms with Crippen molar-refractivity contribution in [1.29, 1.82) is 0 Å². The zero-order chi connectivity index (χ0) is 27.2. The summed E-state index contributed by atoms with van der Waals surface area (Å²) in [6.45, 7) is 0.0182. The number of halogens is 1. The summed E-state index contributed by atoms with van der Waals surface area (Å²) in [6.07, 6.45) is -3.50. The SMILES string of the molecule is O=C(NCC1C[C@H]2O[C@H](CO)[C@@H](OC(=O)c3cccs3)[C@H](OCc3ccccc3)[C@H]2O1)Nc1cccc(F)c1. The summed E-state index contributed by atoms with van der Waals surface area (Å²) < 4.78 is 37.9. The zero-order valence-corrected chi connectivity index (χ0v) is 21.7. The second-order valence-corrected chi connectivity index (χ2v) is 10.3. The number of rotatable bonds is 9. The van der Waals surface area contributed by atoms with E-state index in [-0.39, 0.29) is 19.8 Å². The van der Waals surface area contributed by atoms with Crippen LogP contribution in [0.3, 0.4) is 0 Å². The highest BCUT2D eigenvalue weighted by molar-refractivity contribution is 7.11. The number of anilines is 1. The van der Waals surface area contributed by atoms with Gasteiger partial charge in [-0.1, -0.05) is 42.5 Å². The number of esters is 1. The van der Waals surface area contributed by atoms with Crippen molar-refractivity contribution in [2.45, 2.75) is 49.7 Å². The number of benzene rings is 2. The summed E-state index contributed by atoms with van der Waals surface area (Å²) >= 11 is 1.25. The number of thiophene rings is 1. The number of aliphatic hydroxyl groups excluding tert-OH is 1. The van der Waals surface area contributed by atoms with Gasteiger partial charge in [-0.25, -0.2) is 14.0 Å². The normalized spacial score (nSPS) is 26.0. The summed E-state index contributed by atoms with van der Waals surface area (Å²) in [6, 6.07) is 18.1. The van der Waals surface area contributed by atoms with Crippen LogP contribution in [0.15, 0.2) is 72.1 Å². The molecule has 6 atom stereocenters. The lowest BCUT2D eigenvalue weighted by molar-refractivity contribution is -0.233. The molecule has 2 aliphatic heterocycles. The van der Waals surface area contributed by atoms with Gasteiger partial charge in [0.2, 0.25) is 0 Å². The minimum Gasteiger partial charge on any atom is -0.452 e. The van der Waals surface area contributed by atoms with E-state index in [4.69, 9.17) is 18.9 Å².